The molecule has 0 unspecified atom stereocenters. The molecule has 0 bridgehead atoms. The molecule has 0 aliphatic carbocycles. The van der Waals surface area contributed by atoms with Crippen LogP contribution in [0.5, 0.6) is 0 Å². The van der Waals surface area contributed by atoms with E-state index < -0.39 is 3.79 Å². The SMILES string of the molecule is Br[c-]1[cH-][cH-][cH-][cH-]1.ClC(Cl)(Cl)[c-]1cccc1.[Fe]. The van der Waals surface area contributed by atoms with Gasteiger partial charge >= 0.3 is 0 Å². The molecule has 0 heterocycles. The molecule has 0 nitrogen and oxygen atoms in total. The monoisotopic (exact) mass is 380 g/mol. The Hall–Kier alpha value is 0.569. The average molecular weight is 382 g/mol. The molecule has 0 N–H and O–H groups in total. The Morgan fingerprint density at radius 1 is 1.00 bits per heavy atom. The van der Waals surface area contributed by atoms with Crippen LogP contribution in [0.25, 0.3) is 0 Å². The summed E-state index contributed by atoms with van der Waals surface area (Å²) in [7, 11) is 0. The smallest absolute Gasteiger partial charge is 0.173 e. The van der Waals surface area contributed by atoms with E-state index in [4.69, 9.17) is 34.8 Å². The van der Waals surface area contributed by atoms with Crippen LogP contribution in [0.1, 0.15) is 5.56 Å². The van der Waals surface area contributed by atoms with Gasteiger partial charge in [-0.15, -0.1) is 5.56 Å². The summed E-state index contributed by atoms with van der Waals surface area (Å²) in [6.07, 6.45) is 0. The largest absolute Gasteiger partial charge is 0.747 e. The fourth-order valence-corrected chi connectivity index (χ4v) is 1.60. The number of hydrogen-bond acceptors (Lipinski definition) is 0. The predicted octanol–water partition coefficient (Wildman–Crippen LogP) is 5.40. The molecule has 0 saturated heterocycles. The molecule has 0 atom stereocenters. The van der Waals surface area contributed by atoms with E-state index in [1.165, 1.54) is 0 Å². The molecule has 94 valence electrons. The van der Waals surface area contributed by atoms with Gasteiger partial charge in [-0.2, -0.15) is 12.1 Å². The van der Waals surface area contributed by atoms with Gasteiger partial charge in [-0.3, -0.25) is 0 Å². The second kappa shape index (κ2) is 7.81. The van der Waals surface area contributed by atoms with E-state index in [1.807, 2.05) is 36.4 Å². The zero-order chi connectivity index (χ0) is 11.3. The first-order valence-electron chi connectivity index (χ1n) is 4.16. The maximum Gasteiger partial charge on any atom is 0.173 e. The molecule has 0 aliphatic heterocycles. The van der Waals surface area contributed by atoms with Gasteiger partial charge in [0.15, 0.2) is 3.79 Å². The van der Waals surface area contributed by atoms with Crippen LogP contribution in [-0.2, 0) is 20.9 Å². The van der Waals surface area contributed by atoms with Crippen molar-refractivity contribution in [3.8, 4) is 0 Å². The first-order chi connectivity index (χ1) is 7.00. The van der Waals surface area contributed by atoms with Gasteiger partial charge in [0.1, 0.15) is 0 Å². The van der Waals surface area contributed by atoms with E-state index in [2.05, 4.69) is 15.9 Å². The van der Waals surface area contributed by atoms with Crippen molar-refractivity contribution in [1.29, 1.82) is 0 Å². The van der Waals surface area contributed by atoms with Crippen LogP contribution in [0.3, 0.4) is 0 Å². The van der Waals surface area contributed by atoms with Crippen LogP contribution >= 0.6 is 50.7 Å². The number of hydrogen-bond donors (Lipinski definition) is 0. The maximum absolute atomic E-state index is 5.53. The van der Waals surface area contributed by atoms with E-state index in [-0.39, 0.29) is 17.1 Å². The Morgan fingerprint density at radius 3 is 1.62 bits per heavy atom. The zero-order valence-corrected chi connectivity index (χ0v) is 12.9. The maximum atomic E-state index is 5.53. The third-order valence-electron chi connectivity index (χ3n) is 1.61. The van der Waals surface area contributed by atoms with E-state index in [0.29, 0.717) is 5.56 Å². The van der Waals surface area contributed by atoms with Crippen LogP contribution in [0, 0.1) is 0 Å². The van der Waals surface area contributed by atoms with Gasteiger partial charge in [0, 0.05) is 17.1 Å². The van der Waals surface area contributed by atoms with Crippen LogP contribution in [0.15, 0.2) is 53.0 Å². The summed E-state index contributed by atoms with van der Waals surface area (Å²) in [6, 6.07) is 15.2. The molecule has 2 rings (SSSR count). The van der Waals surface area contributed by atoms with Crippen LogP contribution in [0.2, 0.25) is 0 Å². The van der Waals surface area contributed by atoms with Crippen molar-refractivity contribution in [3.05, 3.63) is 58.6 Å². The van der Waals surface area contributed by atoms with Gasteiger partial charge in [-0.05, 0) is 0 Å². The van der Waals surface area contributed by atoms with E-state index in [0.717, 1.165) is 4.47 Å². The second-order valence-electron chi connectivity index (χ2n) is 2.77. The molecular weight excluding hydrogens is 374 g/mol. The van der Waals surface area contributed by atoms with Crippen molar-refractivity contribution in [2.75, 3.05) is 0 Å². The Labute approximate surface area is 129 Å². The van der Waals surface area contributed by atoms with Gasteiger partial charge < -0.3 is 44.7 Å². The molecule has 2 aromatic rings. The third kappa shape index (κ3) is 6.34. The van der Waals surface area contributed by atoms with Gasteiger partial charge in [0.25, 0.3) is 0 Å². The summed E-state index contributed by atoms with van der Waals surface area (Å²) in [4.78, 5) is 0. The number of alkyl halides is 3. The molecular formula is C11H8BrCl3Fe-6. The second-order valence-corrected chi connectivity index (χ2v) is 5.97. The minimum absolute atomic E-state index is 0. The molecule has 0 fully saturated rings. The molecule has 2 aromatic carbocycles. The van der Waals surface area contributed by atoms with Gasteiger partial charge in [-0.1, -0.05) is 34.8 Å². The summed E-state index contributed by atoms with van der Waals surface area (Å²) in [5.41, 5.74) is 0.715. The van der Waals surface area contributed by atoms with Crippen molar-refractivity contribution in [2.45, 2.75) is 3.79 Å². The van der Waals surface area contributed by atoms with Crippen LogP contribution < -0.4 is 0 Å². The standard InChI is InChI=1S/C6H4Cl3.C5H4Br.Fe/c7-6(8,9)5-3-1-2-4-5;6-5-3-1-2-4-5;/h1-4H;1-4H;/q-1;-5;. The molecule has 0 saturated carbocycles. The van der Waals surface area contributed by atoms with Crippen molar-refractivity contribution >= 4 is 50.7 Å². The summed E-state index contributed by atoms with van der Waals surface area (Å²) in [5, 5.41) is 0. The summed E-state index contributed by atoms with van der Waals surface area (Å²) in [6.45, 7) is 0. The van der Waals surface area contributed by atoms with E-state index >= 15 is 0 Å². The molecule has 0 aromatic heterocycles. The van der Waals surface area contributed by atoms with Crippen molar-refractivity contribution in [1.82, 2.24) is 0 Å². The van der Waals surface area contributed by atoms with Crippen LogP contribution in [-0.4, -0.2) is 0 Å². The fraction of sp³-hybridized carbons (Fsp3) is 0.0909. The summed E-state index contributed by atoms with van der Waals surface area (Å²) >= 11 is 19.9. The zero-order valence-electron chi connectivity index (χ0n) is 7.98. The topological polar surface area (TPSA) is 0 Å². The van der Waals surface area contributed by atoms with Gasteiger partial charge in [0.2, 0.25) is 0 Å². The average Bonchev–Trinajstić information content (AvgIpc) is 2.73. The number of rotatable bonds is 0. The molecule has 0 spiro atoms. The van der Waals surface area contributed by atoms with E-state index in [1.54, 1.807) is 12.1 Å². The van der Waals surface area contributed by atoms with Crippen molar-refractivity contribution in [2.24, 2.45) is 0 Å². The molecule has 0 amide bonds. The predicted molar refractivity (Wildman–Crippen MR) is 71.0 cm³/mol. The Kier molecular flexibility index (Phi) is 8.09. The van der Waals surface area contributed by atoms with Gasteiger partial charge in [0.05, 0.1) is 0 Å². The summed E-state index contributed by atoms with van der Waals surface area (Å²) < 4.78 is -0.105. The normalized spacial score (nSPS) is 10.0. The molecule has 0 aliphatic rings. The molecule has 16 heavy (non-hydrogen) atoms. The third-order valence-corrected chi connectivity index (χ3v) is 2.80. The fourth-order valence-electron chi connectivity index (χ4n) is 0.914. The quantitative estimate of drug-likeness (QED) is 0.325. The first-order valence-corrected chi connectivity index (χ1v) is 6.09. The molecule has 5 heteroatoms. The van der Waals surface area contributed by atoms with Crippen molar-refractivity contribution in [3.63, 3.8) is 0 Å². The number of halogens is 4. The van der Waals surface area contributed by atoms with Crippen molar-refractivity contribution < 1.29 is 17.1 Å². The minimum atomic E-state index is -1.26. The first kappa shape index (κ1) is 16.6. The van der Waals surface area contributed by atoms with E-state index in [9.17, 15) is 0 Å². The Balaban J connectivity index is 0.000000283. The Bertz CT molecular complexity index is 362. The summed E-state index contributed by atoms with van der Waals surface area (Å²) in [5.74, 6) is 0. The van der Waals surface area contributed by atoms with Crippen LogP contribution in [0.4, 0.5) is 0 Å². The van der Waals surface area contributed by atoms with Gasteiger partial charge in [-0.25, -0.2) is 12.1 Å². The minimum Gasteiger partial charge on any atom is -0.747 e. The molecule has 0 radical (unpaired) electrons. The Morgan fingerprint density at radius 2 is 1.44 bits per heavy atom.